The molecule has 1 aromatic heterocycles. The molecular weight excluding hydrogens is 228 g/mol. The Balaban J connectivity index is 1.72. The molecule has 0 unspecified atom stereocenters. The fourth-order valence-corrected chi connectivity index (χ4v) is 2.25. The molecule has 5 heteroatoms. The van der Waals surface area contributed by atoms with Crippen molar-refractivity contribution < 1.29 is 4.79 Å². The number of carbonyl (C=O) groups excluding carboxylic acids is 1. The third-order valence-corrected chi connectivity index (χ3v) is 3.48. The largest absolute Gasteiger partial charge is 0.357 e. The van der Waals surface area contributed by atoms with Gasteiger partial charge in [0, 0.05) is 25.2 Å². The molecule has 0 spiro atoms. The summed E-state index contributed by atoms with van der Waals surface area (Å²) in [5.74, 6) is 0.809. The van der Waals surface area contributed by atoms with Gasteiger partial charge in [-0.2, -0.15) is 0 Å². The Labute approximate surface area is 107 Å². The zero-order valence-electron chi connectivity index (χ0n) is 10.4. The number of nitrogens with zero attached hydrogens (tertiary/aromatic N) is 3. The molecule has 5 nitrogen and oxygen atoms in total. The zero-order chi connectivity index (χ0) is 12.4. The number of carbonyl (C=O) groups is 1. The SMILES string of the molecule is O=C(NC1CC1)c1cc(N2CCCCC2)ncn1. The third-order valence-electron chi connectivity index (χ3n) is 3.48. The smallest absolute Gasteiger partial charge is 0.270 e. The molecule has 0 radical (unpaired) electrons. The van der Waals surface area contributed by atoms with Gasteiger partial charge in [-0.05, 0) is 32.1 Å². The van der Waals surface area contributed by atoms with Crippen LogP contribution in [0.4, 0.5) is 5.82 Å². The van der Waals surface area contributed by atoms with Crippen molar-refractivity contribution in [2.24, 2.45) is 0 Å². The molecule has 1 amide bonds. The van der Waals surface area contributed by atoms with Crippen molar-refractivity contribution in [2.45, 2.75) is 38.1 Å². The highest BCUT2D eigenvalue weighted by Gasteiger charge is 2.24. The maximum absolute atomic E-state index is 11.9. The van der Waals surface area contributed by atoms with E-state index in [4.69, 9.17) is 0 Å². The summed E-state index contributed by atoms with van der Waals surface area (Å²) in [6.45, 7) is 2.06. The van der Waals surface area contributed by atoms with Gasteiger partial charge in [-0.3, -0.25) is 4.79 Å². The van der Waals surface area contributed by atoms with Crippen LogP contribution in [-0.2, 0) is 0 Å². The van der Waals surface area contributed by atoms with E-state index in [9.17, 15) is 4.79 Å². The Hall–Kier alpha value is -1.65. The standard InChI is InChI=1S/C13H18N4O/c18-13(16-10-4-5-10)11-8-12(15-9-14-11)17-6-2-1-3-7-17/h8-10H,1-7H2,(H,16,18). The monoisotopic (exact) mass is 246 g/mol. The predicted octanol–water partition coefficient (Wildman–Crippen LogP) is 1.36. The quantitative estimate of drug-likeness (QED) is 0.875. The highest BCUT2D eigenvalue weighted by Crippen LogP contribution is 2.20. The molecule has 18 heavy (non-hydrogen) atoms. The Morgan fingerprint density at radius 2 is 2.00 bits per heavy atom. The Morgan fingerprint density at radius 3 is 2.72 bits per heavy atom. The van der Waals surface area contributed by atoms with Gasteiger partial charge in [-0.15, -0.1) is 0 Å². The van der Waals surface area contributed by atoms with E-state index in [-0.39, 0.29) is 5.91 Å². The zero-order valence-corrected chi connectivity index (χ0v) is 10.4. The molecule has 0 bridgehead atoms. The van der Waals surface area contributed by atoms with E-state index in [2.05, 4.69) is 20.2 Å². The lowest BCUT2D eigenvalue weighted by Gasteiger charge is -2.27. The van der Waals surface area contributed by atoms with Gasteiger partial charge in [-0.25, -0.2) is 9.97 Å². The predicted molar refractivity (Wildman–Crippen MR) is 68.6 cm³/mol. The average molecular weight is 246 g/mol. The summed E-state index contributed by atoms with van der Waals surface area (Å²) in [4.78, 5) is 22.5. The molecule has 1 aliphatic carbocycles. The second-order valence-corrected chi connectivity index (χ2v) is 5.06. The molecule has 1 N–H and O–H groups in total. The van der Waals surface area contributed by atoms with Crippen LogP contribution in [0.15, 0.2) is 12.4 Å². The fraction of sp³-hybridized carbons (Fsp3) is 0.615. The Morgan fingerprint density at radius 1 is 1.22 bits per heavy atom. The van der Waals surface area contributed by atoms with Crippen LogP contribution in [0.5, 0.6) is 0 Å². The number of rotatable bonds is 3. The van der Waals surface area contributed by atoms with Gasteiger partial charge in [0.2, 0.25) is 0 Å². The average Bonchev–Trinajstić information content (AvgIpc) is 3.24. The van der Waals surface area contributed by atoms with Gasteiger partial charge in [-0.1, -0.05) is 0 Å². The molecule has 1 saturated heterocycles. The molecule has 1 aliphatic heterocycles. The number of anilines is 1. The number of aromatic nitrogens is 2. The lowest BCUT2D eigenvalue weighted by atomic mass is 10.1. The number of hydrogen-bond acceptors (Lipinski definition) is 4. The highest BCUT2D eigenvalue weighted by atomic mass is 16.2. The van der Waals surface area contributed by atoms with Crippen LogP contribution in [0.2, 0.25) is 0 Å². The summed E-state index contributed by atoms with van der Waals surface area (Å²) in [6.07, 6.45) is 7.37. The first-order valence-electron chi connectivity index (χ1n) is 6.71. The fourth-order valence-electron chi connectivity index (χ4n) is 2.25. The lowest BCUT2D eigenvalue weighted by Crippen LogP contribution is -2.31. The summed E-state index contributed by atoms with van der Waals surface area (Å²) < 4.78 is 0. The molecule has 1 aromatic rings. The van der Waals surface area contributed by atoms with Gasteiger partial charge < -0.3 is 10.2 Å². The lowest BCUT2D eigenvalue weighted by molar-refractivity contribution is 0.0946. The van der Waals surface area contributed by atoms with E-state index in [0.717, 1.165) is 31.7 Å². The van der Waals surface area contributed by atoms with Crippen LogP contribution in [0.1, 0.15) is 42.6 Å². The first kappa shape index (κ1) is 11.4. The van der Waals surface area contributed by atoms with Crippen LogP contribution in [0.3, 0.4) is 0 Å². The Kier molecular flexibility index (Phi) is 3.13. The summed E-state index contributed by atoms with van der Waals surface area (Å²) in [5.41, 5.74) is 0.484. The maximum Gasteiger partial charge on any atom is 0.270 e. The van der Waals surface area contributed by atoms with Gasteiger partial charge in [0.15, 0.2) is 0 Å². The van der Waals surface area contributed by atoms with Gasteiger partial charge >= 0.3 is 0 Å². The molecule has 2 aliphatic rings. The van der Waals surface area contributed by atoms with Gasteiger partial charge in [0.05, 0.1) is 0 Å². The number of amides is 1. The minimum Gasteiger partial charge on any atom is -0.357 e. The molecule has 1 saturated carbocycles. The number of hydrogen-bond donors (Lipinski definition) is 1. The summed E-state index contributed by atoms with van der Waals surface area (Å²) in [6, 6.07) is 2.18. The van der Waals surface area contributed by atoms with Crippen LogP contribution >= 0.6 is 0 Å². The van der Waals surface area contributed by atoms with E-state index in [1.807, 2.05) is 6.07 Å². The molecule has 0 atom stereocenters. The normalized spacial score (nSPS) is 19.7. The van der Waals surface area contributed by atoms with Crippen molar-refractivity contribution in [3.8, 4) is 0 Å². The van der Waals surface area contributed by atoms with Crippen LogP contribution in [-0.4, -0.2) is 35.0 Å². The molecular formula is C13H18N4O. The van der Waals surface area contributed by atoms with Gasteiger partial charge in [0.25, 0.3) is 5.91 Å². The first-order valence-corrected chi connectivity index (χ1v) is 6.71. The first-order chi connectivity index (χ1) is 8.83. The molecule has 3 rings (SSSR count). The third kappa shape index (κ3) is 2.60. The number of nitrogens with one attached hydrogen (secondary N) is 1. The second kappa shape index (κ2) is 4.92. The van der Waals surface area contributed by atoms with Crippen LogP contribution in [0.25, 0.3) is 0 Å². The molecule has 0 aromatic carbocycles. The van der Waals surface area contributed by atoms with Crippen molar-refractivity contribution in [2.75, 3.05) is 18.0 Å². The molecule has 96 valence electrons. The summed E-state index contributed by atoms with van der Waals surface area (Å²) >= 11 is 0. The molecule has 2 heterocycles. The van der Waals surface area contributed by atoms with E-state index >= 15 is 0 Å². The van der Waals surface area contributed by atoms with Crippen molar-refractivity contribution in [1.82, 2.24) is 15.3 Å². The number of piperidine rings is 1. The highest BCUT2D eigenvalue weighted by molar-refractivity contribution is 5.93. The van der Waals surface area contributed by atoms with E-state index in [0.29, 0.717) is 11.7 Å². The van der Waals surface area contributed by atoms with Crippen LogP contribution < -0.4 is 10.2 Å². The van der Waals surface area contributed by atoms with Crippen LogP contribution in [0, 0.1) is 0 Å². The van der Waals surface area contributed by atoms with Crippen molar-refractivity contribution in [3.63, 3.8) is 0 Å². The van der Waals surface area contributed by atoms with Gasteiger partial charge in [0.1, 0.15) is 17.8 Å². The maximum atomic E-state index is 11.9. The minimum absolute atomic E-state index is 0.0711. The van der Waals surface area contributed by atoms with E-state index < -0.39 is 0 Å². The van der Waals surface area contributed by atoms with Crippen molar-refractivity contribution in [1.29, 1.82) is 0 Å². The van der Waals surface area contributed by atoms with Crippen molar-refractivity contribution >= 4 is 11.7 Å². The van der Waals surface area contributed by atoms with E-state index in [1.165, 1.54) is 25.6 Å². The molecule has 2 fully saturated rings. The summed E-state index contributed by atoms with van der Waals surface area (Å²) in [5, 5.41) is 2.95. The second-order valence-electron chi connectivity index (χ2n) is 5.06. The summed E-state index contributed by atoms with van der Waals surface area (Å²) in [7, 11) is 0. The minimum atomic E-state index is -0.0711. The van der Waals surface area contributed by atoms with E-state index in [1.54, 1.807) is 0 Å². The van der Waals surface area contributed by atoms with Crippen molar-refractivity contribution in [3.05, 3.63) is 18.1 Å². The Bertz CT molecular complexity index is 438. The topological polar surface area (TPSA) is 58.1 Å².